The lowest BCUT2D eigenvalue weighted by Crippen LogP contribution is -2.44. The fraction of sp³-hybridized carbons (Fsp3) is 0.600. The van der Waals surface area contributed by atoms with Gasteiger partial charge in [-0.15, -0.1) is 0 Å². The number of nitrogens with two attached hydrogens (primary N) is 1. The van der Waals surface area contributed by atoms with Crippen LogP contribution in [0, 0.1) is 0 Å². The van der Waals surface area contributed by atoms with Crippen molar-refractivity contribution < 1.29 is 9.90 Å². The zero-order valence-corrected chi connectivity index (χ0v) is 10.3. The summed E-state index contributed by atoms with van der Waals surface area (Å²) in [7, 11) is 0. The Morgan fingerprint density at radius 1 is 1.62 bits per heavy atom. The van der Waals surface area contributed by atoms with Crippen molar-refractivity contribution in [1.82, 2.24) is 4.84 Å². The number of hydrogen-bond donors (Lipinski definition) is 3. The first-order valence-corrected chi connectivity index (χ1v) is 5.33. The Balaban J connectivity index is 3.99. The Hall–Kier alpha value is -1.07. The maximum absolute atomic E-state index is 10.8. The average Bonchev–Trinajstić information content (AvgIpc) is 2.22. The van der Waals surface area contributed by atoms with E-state index in [2.05, 4.69) is 9.83 Å². The number of rotatable bonds is 7. The molecule has 0 aromatic rings. The first-order chi connectivity index (χ1) is 7.42. The standard InChI is InChI=1S/C10H18ClN3O2/c1-8(12)13-7-5-3-4-6-10(2,14-11)9(15)16/h3-4,14H,5-7H2,1-2H3,(H2,12,13)(H,15,16)/b4-3+. The Bertz CT molecular complexity index is 288. The van der Waals surface area contributed by atoms with Gasteiger partial charge in [-0.05, 0) is 38.5 Å². The normalized spacial score (nSPS) is 16.3. The Labute approximate surface area is 100 Å². The molecule has 6 heteroatoms. The molecule has 5 nitrogen and oxygen atoms in total. The van der Waals surface area contributed by atoms with Gasteiger partial charge in [-0.1, -0.05) is 12.2 Å². The number of halogens is 1. The molecule has 0 heterocycles. The van der Waals surface area contributed by atoms with Gasteiger partial charge in [0.2, 0.25) is 0 Å². The van der Waals surface area contributed by atoms with Gasteiger partial charge < -0.3 is 10.8 Å². The van der Waals surface area contributed by atoms with Crippen molar-refractivity contribution in [3.8, 4) is 0 Å². The number of carboxylic acid groups (broad SMARTS) is 1. The van der Waals surface area contributed by atoms with Crippen LogP contribution in [-0.2, 0) is 4.79 Å². The van der Waals surface area contributed by atoms with E-state index in [1.165, 1.54) is 6.92 Å². The van der Waals surface area contributed by atoms with Gasteiger partial charge in [0.25, 0.3) is 0 Å². The molecule has 92 valence electrons. The highest BCUT2D eigenvalue weighted by Crippen LogP contribution is 2.11. The van der Waals surface area contributed by atoms with Crippen LogP contribution in [-0.4, -0.2) is 29.0 Å². The van der Waals surface area contributed by atoms with E-state index in [1.807, 2.05) is 6.08 Å². The minimum Gasteiger partial charge on any atom is -0.480 e. The summed E-state index contributed by atoms with van der Waals surface area (Å²) < 4.78 is 0. The summed E-state index contributed by atoms with van der Waals surface area (Å²) in [5.74, 6) is -0.436. The number of nitrogens with zero attached hydrogens (tertiary/aromatic N) is 1. The summed E-state index contributed by atoms with van der Waals surface area (Å²) in [4.78, 5) is 17.1. The summed E-state index contributed by atoms with van der Waals surface area (Å²) in [5.41, 5.74) is 4.22. The summed E-state index contributed by atoms with van der Waals surface area (Å²) in [6.07, 6.45) is 4.68. The molecular weight excluding hydrogens is 230 g/mol. The summed E-state index contributed by atoms with van der Waals surface area (Å²) in [6.45, 7) is 3.86. The van der Waals surface area contributed by atoms with E-state index < -0.39 is 11.5 Å². The fourth-order valence-electron chi connectivity index (χ4n) is 0.919. The van der Waals surface area contributed by atoms with Crippen molar-refractivity contribution in [3.05, 3.63) is 12.2 Å². The molecule has 16 heavy (non-hydrogen) atoms. The first kappa shape index (κ1) is 14.9. The van der Waals surface area contributed by atoms with Crippen molar-refractivity contribution >= 4 is 23.6 Å². The number of nitrogens with one attached hydrogen (secondary N) is 1. The van der Waals surface area contributed by atoms with Crippen LogP contribution in [0.15, 0.2) is 17.1 Å². The molecular formula is C10H18ClN3O2. The lowest BCUT2D eigenvalue weighted by molar-refractivity contribution is -0.143. The lowest BCUT2D eigenvalue weighted by Gasteiger charge is -2.20. The van der Waals surface area contributed by atoms with E-state index in [-0.39, 0.29) is 0 Å². The number of aliphatic carboxylic acids is 1. The van der Waals surface area contributed by atoms with E-state index in [9.17, 15) is 4.79 Å². The SMILES string of the molecule is CC(N)=NCC/C=C/CC(C)(NCl)C(=O)O. The fourth-order valence-corrected chi connectivity index (χ4v) is 1.08. The topological polar surface area (TPSA) is 87.7 Å². The van der Waals surface area contributed by atoms with Crippen molar-refractivity contribution in [2.75, 3.05) is 6.54 Å². The quantitative estimate of drug-likeness (QED) is 0.208. The number of hydrogen-bond acceptors (Lipinski definition) is 3. The van der Waals surface area contributed by atoms with Gasteiger partial charge in [-0.3, -0.25) is 9.79 Å². The average molecular weight is 248 g/mol. The van der Waals surface area contributed by atoms with Crippen LogP contribution >= 0.6 is 11.8 Å². The van der Waals surface area contributed by atoms with Gasteiger partial charge in [0.05, 0.1) is 5.84 Å². The third kappa shape index (κ3) is 5.72. The van der Waals surface area contributed by atoms with E-state index in [4.69, 9.17) is 22.6 Å². The molecule has 0 rings (SSSR count). The molecule has 0 aromatic heterocycles. The van der Waals surface area contributed by atoms with Crippen LogP contribution in [0.3, 0.4) is 0 Å². The predicted molar refractivity (Wildman–Crippen MR) is 65.6 cm³/mol. The van der Waals surface area contributed by atoms with Gasteiger partial charge in [0, 0.05) is 6.54 Å². The second-order valence-electron chi connectivity index (χ2n) is 3.72. The molecule has 0 saturated carbocycles. The monoisotopic (exact) mass is 247 g/mol. The molecule has 1 unspecified atom stereocenters. The Morgan fingerprint density at radius 3 is 2.69 bits per heavy atom. The van der Waals surface area contributed by atoms with Gasteiger partial charge in [-0.2, -0.15) is 0 Å². The summed E-state index contributed by atoms with van der Waals surface area (Å²) in [5, 5.41) is 8.89. The van der Waals surface area contributed by atoms with Gasteiger partial charge >= 0.3 is 5.97 Å². The highest BCUT2D eigenvalue weighted by molar-refractivity contribution is 6.15. The smallest absolute Gasteiger partial charge is 0.325 e. The molecule has 0 amide bonds. The molecule has 0 bridgehead atoms. The molecule has 0 saturated heterocycles. The number of amidine groups is 1. The van der Waals surface area contributed by atoms with Crippen LogP contribution in [0.25, 0.3) is 0 Å². The molecule has 0 fully saturated rings. The minimum absolute atomic E-state index is 0.317. The van der Waals surface area contributed by atoms with E-state index >= 15 is 0 Å². The van der Waals surface area contributed by atoms with Crippen LogP contribution in [0.5, 0.6) is 0 Å². The molecule has 0 aliphatic rings. The van der Waals surface area contributed by atoms with Crippen LogP contribution in [0.4, 0.5) is 0 Å². The first-order valence-electron chi connectivity index (χ1n) is 4.95. The van der Waals surface area contributed by atoms with Crippen LogP contribution in [0.2, 0.25) is 0 Å². The van der Waals surface area contributed by atoms with Crippen molar-refractivity contribution in [3.63, 3.8) is 0 Å². The van der Waals surface area contributed by atoms with E-state index in [1.54, 1.807) is 13.0 Å². The molecule has 4 N–H and O–H groups in total. The molecule has 1 atom stereocenters. The lowest BCUT2D eigenvalue weighted by atomic mass is 9.99. The minimum atomic E-state index is -1.13. The van der Waals surface area contributed by atoms with Gasteiger partial charge in [0.15, 0.2) is 0 Å². The predicted octanol–water partition coefficient (Wildman–Crippen LogP) is 1.29. The highest BCUT2D eigenvalue weighted by Gasteiger charge is 2.30. The Morgan fingerprint density at radius 2 is 2.25 bits per heavy atom. The second-order valence-corrected chi connectivity index (χ2v) is 3.91. The summed E-state index contributed by atoms with van der Waals surface area (Å²) >= 11 is 5.38. The van der Waals surface area contributed by atoms with Crippen LogP contribution < -0.4 is 10.6 Å². The van der Waals surface area contributed by atoms with E-state index in [0.717, 1.165) is 6.42 Å². The zero-order valence-electron chi connectivity index (χ0n) is 9.53. The number of aliphatic imine (C=N–C) groups is 1. The third-order valence-corrected chi connectivity index (χ3v) is 2.45. The largest absolute Gasteiger partial charge is 0.480 e. The van der Waals surface area contributed by atoms with Gasteiger partial charge in [0.1, 0.15) is 5.54 Å². The van der Waals surface area contributed by atoms with Crippen LogP contribution in [0.1, 0.15) is 26.7 Å². The van der Waals surface area contributed by atoms with Crippen molar-refractivity contribution in [2.24, 2.45) is 10.7 Å². The zero-order chi connectivity index (χ0) is 12.6. The molecule has 0 aliphatic heterocycles. The van der Waals surface area contributed by atoms with Crippen molar-refractivity contribution in [1.29, 1.82) is 0 Å². The van der Waals surface area contributed by atoms with E-state index in [0.29, 0.717) is 18.8 Å². The van der Waals surface area contributed by atoms with Gasteiger partial charge in [-0.25, -0.2) is 4.84 Å². The maximum Gasteiger partial charge on any atom is 0.325 e. The summed E-state index contributed by atoms with van der Waals surface area (Å²) in [6, 6.07) is 0. The molecule has 0 aliphatic carbocycles. The molecule has 0 spiro atoms. The second kappa shape index (κ2) is 7.24. The highest BCUT2D eigenvalue weighted by atomic mass is 35.5. The molecule has 0 aromatic carbocycles. The third-order valence-electron chi connectivity index (χ3n) is 2.03. The Kier molecular flexibility index (Phi) is 6.76. The van der Waals surface area contributed by atoms with Crippen molar-refractivity contribution in [2.45, 2.75) is 32.2 Å². The molecule has 0 radical (unpaired) electrons. The maximum atomic E-state index is 10.8. The number of carboxylic acids is 1. The number of carbonyl (C=O) groups is 1.